The smallest absolute Gasteiger partial charge is 0.239 e. The predicted molar refractivity (Wildman–Crippen MR) is 108 cm³/mol. The van der Waals surface area contributed by atoms with Crippen LogP contribution in [0.3, 0.4) is 0 Å². The number of carbonyl (C=O) groups excluding carboxylic acids is 3. The van der Waals surface area contributed by atoms with Crippen molar-refractivity contribution in [2.75, 3.05) is 13.1 Å². The van der Waals surface area contributed by atoms with Crippen LogP contribution in [0.25, 0.3) is 0 Å². The molecule has 0 saturated heterocycles. The van der Waals surface area contributed by atoms with Gasteiger partial charge in [0.05, 0.1) is 6.54 Å². The maximum Gasteiger partial charge on any atom is 0.239 e. The molecule has 0 heterocycles. The van der Waals surface area contributed by atoms with Gasteiger partial charge in [0.2, 0.25) is 11.8 Å². The van der Waals surface area contributed by atoms with Gasteiger partial charge in [-0.2, -0.15) is 0 Å². The third-order valence-electron chi connectivity index (χ3n) is 4.20. The first-order valence-corrected chi connectivity index (χ1v) is 9.76. The van der Waals surface area contributed by atoms with Crippen molar-refractivity contribution in [3.05, 3.63) is 69.9 Å². The molecule has 0 unspecified atom stereocenters. The Balaban J connectivity index is 1.79. The summed E-state index contributed by atoms with van der Waals surface area (Å²) in [7, 11) is 0. The van der Waals surface area contributed by atoms with Gasteiger partial charge >= 0.3 is 0 Å². The Bertz CT molecular complexity index is 823. The summed E-state index contributed by atoms with van der Waals surface area (Å²) in [6, 6.07) is 12.8. The summed E-state index contributed by atoms with van der Waals surface area (Å²) >= 11 is 3.31. The van der Waals surface area contributed by atoms with Crippen LogP contribution in [0.5, 0.6) is 0 Å². The van der Waals surface area contributed by atoms with Crippen LogP contribution in [-0.4, -0.2) is 35.6 Å². The fraction of sp³-hybridized carbons (Fsp3) is 0.286. The Labute approximate surface area is 172 Å². The summed E-state index contributed by atoms with van der Waals surface area (Å²) in [5.41, 5.74) is 1.32. The molecule has 0 aliphatic heterocycles. The number of benzene rings is 2. The van der Waals surface area contributed by atoms with E-state index in [4.69, 9.17) is 0 Å². The first-order chi connectivity index (χ1) is 13.4. The quantitative estimate of drug-likeness (QED) is 0.594. The number of ketones is 1. The standard InChI is InChI=1S/C21H22BrFN2O3/c1-2-25(14-20(27)24-13-15-3-9-18(23)10-4-15)21(28)12-11-19(26)16-5-7-17(22)8-6-16/h3-10H,2,11-14H2,1H3,(H,24,27). The lowest BCUT2D eigenvalue weighted by Gasteiger charge is -2.20. The van der Waals surface area contributed by atoms with E-state index >= 15 is 0 Å². The van der Waals surface area contributed by atoms with Gasteiger partial charge in [0, 0.05) is 36.0 Å². The van der Waals surface area contributed by atoms with E-state index in [1.807, 2.05) is 0 Å². The number of hydrogen-bond donors (Lipinski definition) is 1. The minimum Gasteiger partial charge on any atom is -0.350 e. The summed E-state index contributed by atoms with van der Waals surface area (Å²) in [4.78, 5) is 38.1. The van der Waals surface area contributed by atoms with Crippen molar-refractivity contribution in [3.63, 3.8) is 0 Å². The van der Waals surface area contributed by atoms with Gasteiger partial charge in [-0.1, -0.05) is 40.2 Å². The zero-order valence-corrected chi connectivity index (χ0v) is 17.2. The van der Waals surface area contributed by atoms with Gasteiger partial charge in [0.15, 0.2) is 5.78 Å². The van der Waals surface area contributed by atoms with Crippen LogP contribution in [0, 0.1) is 5.82 Å². The van der Waals surface area contributed by atoms with Crippen molar-refractivity contribution >= 4 is 33.5 Å². The average molecular weight is 449 g/mol. The molecule has 0 radical (unpaired) electrons. The van der Waals surface area contributed by atoms with Gasteiger partial charge in [-0.15, -0.1) is 0 Å². The Kier molecular flexibility index (Phi) is 8.32. The van der Waals surface area contributed by atoms with E-state index < -0.39 is 0 Å². The van der Waals surface area contributed by atoms with Gasteiger partial charge in [-0.3, -0.25) is 14.4 Å². The lowest BCUT2D eigenvalue weighted by molar-refractivity contribution is -0.135. The minimum atomic E-state index is -0.337. The van der Waals surface area contributed by atoms with E-state index in [9.17, 15) is 18.8 Å². The molecule has 2 rings (SSSR count). The van der Waals surface area contributed by atoms with Crippen molar-refractivity contribution in [1.29, 1.82) is 0 Å². The molecule has 28 heavy (non-hydrogen) atoms. The number of likely N-dealkylation sites (N-methyl/N-ethyl adjacent to an activating group) is 1. The number of rotatable bonds is 9. The molecular formula is C21H22BrFN2O3. The highest BCUT2D eigenvalue weighted by Crippen LogP contribution is 2.13. The molecule has 7 heteroatoms. The third-order valence-corrected chi connectivity index (χ3v) is 4.73. The van der Waals surface area contributed by atoms with Gasteiger partial charge in [-0.05, 0) is 36.8 Å². The molecule has 0 aromatic heterocycles. The normalized spacial score (nSPS) is 10.4. The predicted octanol–water partition coefficient (Wildman–Crippen LogP) is 3.72. The average Bonchev–Trinajstić information content (AvgIpc) is 2.70. The highest BCUT2D eigenvalue weighted by Gasteiger charge is 2.17. The second-order valence-electron chi connectivity index (χ2n) is 6.24. The molecule has 0 aliphatic rings. The summed E-state index contributed by atoms with van der Waals surface area (Å²) in [6.45, 7) is 2.33. The number of carbonyl (C=O) groups is 3. The number of halogens is 2. The Morgan fingerprint density at radius 2 is 1.64 bits per heavy atom. The second kappa shape index (κ2) is 10.7. The molecule has 0 bridgehead atoms. The summed E-state index contributed by atoms with van der Waals surface area (Å²) in [5.74, 6) is -1.00. The maximum atomic E-state index is 12.9. The van der Waals surface area contributed by atoms with Crippen LogP contribution in [0.1, 0.15) is 35.7 Å². The molecule has 2 aromatic rings. The molecule has 5 nitrogen and oxygen atoms in total. The number of hydrogen-bond acceptors (Lipinski definition) is 3. The lowest BCUT2D eigenvalue weighted by Crippen LogP contribution is -2.40. The molecule has 0 aliphatic carbocycles. The van der Waals surface area contributed by atoms with Crippen LogP contribution in [0.2, 0.25) is 0 Å². The molecule has 1 N–H and O–H groups in total. The number of nitrogens with one attached hydrogen (secondary N) is 1. The first-order valence-electron chi connectivity index (χ1n) is 8.96. The van der Waals surface area contributed by atoms with E-state index in [0.29, 0.717) is 12.1 Å². The first kappa shape index (κ1) is 21.8. The Morgan fingerprint density at radius 3 is 2.25 bits per heavy atom. The van der Waals surface area contributed by atoms with Crippen molar-refractivity contribution in [3.8, 4) is 0 Å². The lowest BCUT2D eigenvalue weighted by atomic mass is 10.1. The van der Waals surface area contributed by atoms with Crippen molar-refractivity contribution in [2.24, 2.45) is 0 Å². The molecule has 2 amide bonds. The highest BCUT2D eigenvalue weighted by molar-refractivity contribution is 9.10. The molecule has 0 saturated carbocycles. The fourth-order valence-electron chi connectivity index (χ4n) is 2.57. The van der Waals surface area contributed by atoms with Crippen molar-refractivity contribution in [1.82, 2.24) is 10.2 Å². The van der Waals surface area contributed by atoms with Gasteiger partial charge in [-0.25, -0.2) is 4.39 Å². The molecule has 148 valence electrons. The van der Waals surface area contributed by atoms with Gasteiger partial charge in [0.25, 0.3) is 0 Å². The van der Waals surface area contributed by atoms with Crippen LogP contribution in [0.15, 0.2) is 53.0 Å². The summed E-state index contributed by atoms with van der Waals surface area (Å²) < 4.78 is 13.8. The summed E-state index contributed by atoms with van der Waals surface area (Å²) in [5, 5.41) is 2.71. The van der Waals surface area contributed by atoms with Crippen LogP contribution in [0.4, 0.5) is 4.39 Å². The number of nitrogens with zero attached hydrogens (tertiary/aromatic N) is 1. The van der Waals surface area contributed by atoms with Crippen molar-refractivity contribution < 1.29 is 18.8 Å². The van der Waals surface area contributed by atoms with Crippen LogP contribution < -0.4 is 5.32 Å². The van der Waals surface area contributed by atoms with Crippen LogP contribution >= 0.6 is 15.9 Å². The molecule has 0 spiro atoms. The van der Waals surface area contributed by atoms with E-state index in [1.165, 1.54) is 17.0 Å². The van der Waals surface area contributed by atoms with E-state index in [0.717, 1.165) is 10.0 Å². The van der Waals surface area contributed by atoms with E-state index in [1.54, 1.807) is 43.3 Å². The van der Waals surface area contributed by atoms with Crippen LogP contribution in [-0.2, 0) is 16.1 Å². The minimum absolute atomic E-state index is 0.0496. The van der Waals surface area contributed by atoms with Gasteiger partial charge in [0.1, 0.15) is 5.82 Å². The topological polar surface area (TPSA) is 66.5 Å². The monoisotopic (exact) mass is 448 g/mol. The fourth-order valence-corrected chi connectivity index (χ4v) is 2.83. The zero-order chi connectivity index (χ0) is 20.5. The largest absolute Gasteiger partial charge is 0.350 e. The van der Waals surface area contributed by atoms with E-state index in [2.05, 4.69) is 21.2 Å². The third kappa shape index (κ3) is 6.88. The molecule has 0 fully saturated rings. The molecule has 0 atom stereocenters. The van der Waals surface area contributed by atoms with Gasteiger partial charge < -0.3 is 10.2 Å². The molecule has 2 aromatic carbocycles. The van der Waals surface area contributed by atoms with Crippen molar-refractivity contribution in [2.45, 2.75) is 26.3 Å². The Morgan fingerprint density at radius 1 is 1.00 bits per heavy atom. The number of amides is 2. The number of Topliss-reactive ketones (excluding diaryl/α,β-unsaturated/α-hetero) is 1. The highest BCUT2D eigenvalue weighted by atomic mass is 79.9. The maximum absolute atomic E-state index is 12.9. The summed E-state index contributed by atoms with van der Waals surface area (Å²) in [6.07, 6.45) is 0.141. The SMILES string of the molecule is CCN(CC(=O)NCc1ccc(F)cc1)C(=O)CCC(=O)c1ccc(Br)cc1. The molecular weight excluding hydrogens is 427 g/mol. The van der Waals surface area contributed by atoms with E-state index in [-0.39, 0.29) is 49.3 Å². The Hall–Kier alpha value is -2.54. The zero-order valence-electron chi connectivity index (χ0n) is 15.6. The second-order valence-corrected chi connectivity index (χ2v) is 7.16.